The maximum atomic E-state index is 5.98. The standard InChI is InChI=1S/C12H17N5/c1-3-17-12(11(13)9(2)16-17)15-8-10-4-6-14-7-5-10/h4-7,15H,3,8,13H2,1-2H3. The van der Waals surface area contributed by atoms with E-state index in [1.54, 1.807) is 12.4 Å². The fourth-order valence-electron chi connectivity index (χ4n) is 1.70. The zero-order valence-corrected chi connectivity index (χ0v) is 10.1. The zero-order chi connectivity index (χ0) is 12.3. The normalized spacial score (nSPS) is 10.5. The number of pyridine rings is 1. The van der Waals surface area contributed by atoms with Crippen LogP contribution in [0.3, 0.4) is 0 Å². The molecule has 0 spiro atoms. The number of hydrogen-bond acceptors (Lipinski definition) is 4. The molecule has 90 valence electrons. The third-order valence-corrected chi connectivity index (χ3v) is 2.68. The molecule has 0 radical (unpaired) electrons. The Balaban J connectivity index is 2.14. The summed E-state index contributed by atoms with van der Waals surface area (Å²) in [6.45, 7) is 5.48. The molecule has 2 heterocycles. The number of aryl methyl sites for hydroxylation is 2. The third-order valence-electron chi connectivity index (χ3n) is 2.68. The van der Waals surface area contributed by atoms with Gasteiger partial charge in [-0.2, -0.15) is 5.10 Å². The van der Waals surface area contributed by atoms with Gasteiger partial charge in [-0.25, -0.2) is 4.68 Å². The molecule has 0 saturated heterocycles. The van der Waals surface area contributed by atoms with E-state index in [1.165, 1.54) is 5.56 Å². The van der Waals surface area contributed by atoms with Gasteiger partial charge in [-0.05, 0) is 31.5 Å². The summed E-state index contributed by atoms with van der Waals surface area (Å²) in [7, 11) is 0. The molecule has 0 aliphatic rings. The Morgan fingerprint density at radius 3 is 2.71 bits per heavy atom. The Hall–Kier alpha value is -2.04. The van der Waals surface area contributed by atoms with Crippen molar-refractivity contribution in [1.82, 2.24) is 14.8 Å². The molecular weight excluding hydrogens is 214 g/mol. The highest BCUT2D eigenvalue weighted by Gasteiger charge is 2.10. The lowest BCUT2D eigenvalue weighted by Crippen LogP contribution is -2.08. The molecule has 5 heteroatoms. The zero-order valence-electron chi connectivity index (χ0n) is 10.1. The van der Waals surface area contributed by atoms with E-state index >= 15 is 0 Å². The summed E-state index contributed by atoms with van der Waals surface area (Å²) in [5.41, 5.74) is 8.74. The number of nitrogens with zero attached hydrogens (tertiary/aromatic N) is 3. The fraction of sp³-hybridized carbons (Fsp3) is 0.333. The fourth-order valence-corrected chi connectivity index (χ4v) is 1.70. The largest absolute Gasteiger partial charge is 0.394 e. The second kappa shape index (κ2) is 4.86. The maximum Gasteiger partial charge on any atom is 0.148 e. The van der Waals surface area contributed by atoms with Crippen LogP contribution >= 0.6 is 0 Å². The number of rotatable bonds is 4. The van der Waals surface area contributed by atoms with Gasteiger partial charge in [0.1, 0.15) is 5.82 Å². The van der Waals surface area contributed by atoms with E-state index in [9.17, 15) is 0 Å². The predicted octanol–water partition coefficient (Wildman–Crippen LogP) is 1.80. The van der Waals surface area contributed by atoms with E-state index in [4.69, 9.17) is 5.73 Å². The average molecular weight is 231 g/mol. The molecule has 0 unspecified atom stereocenters. The Bertz CT molecular complexity index is 489. The molecule has 0 aromatic carbocycles. The van der Waals surface area contributed by atoms with Crippen LogP contribution in [-0.2, 0) is 13.1 Å². The molecule has 5 nitrogen and oxygen atoms in total. The van der Waals surface area contributed by atoms with Crippen LogP contribution in [0.1, 0.15) is 18.2 Å². The van der Waals surface area contributed by atoms with E-state index in [0.29, 0.717) is 0 Å². The summed E-state index contributed by atoms with van der Waals surface area (Å²) in [6.07, 6.45) is 3.56. The first-order chi connectivity index (χ1) is 8.22. The molecule has 0 saturated carbocycles. The minimum Gasteiger partial charge on any atom is -0.394 e. The summed E-state index contributed by atoms with van der Waals surface area (Å²) < 4.78 is 1.88. The number of nitrogens with two attached hydrogens (primary N) is 1. The molecule has 17 heavy (non-hydrogen) atoms. The second-order valence-electron chi connectivity index (χ2n) is 3.87. The van der Waals surface area contributed by atoms with Gasteiger partial charge in [-0.1, -0.05) is 0 Å². The lowest BCUT2D eigenvalue weighted by molar-refractivity contribution is 0.657. The van der Waals surface area contributed by atoms with Crippen LogP contribution in [-0.4, -0.2) is 14.8 Å². The van der Waals surface area contributed by atoms with Crippen molar-refractivity contribution in [2.75, 3.05) is 11.1 Å². The number of anilines is 2. The van der Waals surface area contributed by atoms with Gasteiger partial charge in [0.2, 0.25) is 0 Å². The smallest absolute Gasteiger partial charge is 0.148 e. The molecule has 0 fully saturated rings. The Labute approximate surface area is 101 Å². The molecule has 2 aromatic heterocycles. The summed E-state index contributed by atoms with van der Waals surface area (Å²) in [5.74, 6) is 0.891. The molecular formula is C12H17N5. The van der Waals surface area contributed by atoms with Gasteiger partial charge in [-0.3, -0.25) is 4.98 Å². The Kier molecular flexibility index (Phi) is 3.27. The summed E-state index contributed by atoms with van der Waals surface area (Å²) in [4.78, 5) is 3.99. The topological polar surface area (TPSA) is 68.8 Å². The molecule has 0 aliphatic heterocycles. The van der Waals surface area contributed by atoms with Crippen LogP contribution in [0.4, 0.5) is 11.5 Å². The van der Waals surface area contributed by atoms with Crippen molar-refractivity contribution in [3.8, 4) is 0 Å². The minimum atomic E-state index is 0.720. The third kappa shape index (κ3) is 2.38. The number of nitrogens with one attached hydrogen (secondary N) is 1. The number of hydrogen-bond donors (Lipinski definition) is 2. The molecule has 0 amide bonds. The van der Waals surface area contributed by atoms with Crippen LogP contribution in [0.25, 0.3) is 0 Å². The molecule has 0 aliphatic carbocycles. The molecule has 0 bridgehead atoms. The van der Waals surface area contributed by atoms with Gasteiger partial charge >= 0.3 is 0 Å². The van der Waals surface area contributed by atoms with Crippen LogP contribution in [0.2, 0.25) is 0 Å². The van der Waals surface area contributed by atoms with Crippen molar-refractivity contribution in [2.24, 2.45) is 0 Å². The van der Waals surface area contributed by atoms with Gasteiger partial charge in [0.05, 0.1) is 11.4 Å². The van der Waals surface area contributed by atoms with Gasteiger partial charge in [0.15, 0.2) is 0 Å². The molecule has 2 rings (SSSR count). The highest BCUT2D eigenvalue weighted by atomic mass is 15.3. The van der Waals surface area contributed by atoms with Crippen LogP contribution < -0.4 is 11.1 Å². The van der Waals surface area contributed by atoms with Crippen molar-refractivity contribution < 1.29 is 0 Å². The lowest BCUT2D eigenvalue weighted by atomic mass is 10.2. The number of aromatic nitrogens is 3. The van der Waals surface area contributed by atoms with Crippen molar-refractivity contribution in [2.45, 2.75) is 26.9 Å². The van der Waals surface area contributed by atoms with E-state index in [1.807, 2.05) is 30.7 Å². The monoisotopic (exact) mass is 231 g/mol. The first kappa shape index (κ1) is 11.4. The SMILES string of the molecule is CCn1nc(C)c(N)c1NCc1ccncc1. The molecule has 3 N–H and O–H groups in total. The van der Waals surface area contributed by atoms with Crippen LogP contribution in [0, 0.1) is 6.92 Å². The number of nitrogen functional groups attached to an aromatic ring is 1. The first-order valence-corrected chi connectivity index (χ1v) is 5.68. The van der Waals surface area contributed by atoms with Gasteiger partial charge < -0.3 is 11.1 Å². The van der Waals surface area contributed by atoms with Gasteiger partial charge in [0.25, 0.3) is 0 Å². The van der Waals surface area contributed by atoms with E-state index in [-0.39, 0.29) is 0 Å². The minimum absolute atomic E-state index is 0.720. The lowest BCUT2D eigenvalue weighted by Gasteiger charge is -2.09. The predicted molar refractivity (Wildman–Crippen MR) is 68.6 cm³/mol. The Morgan fingerprint density at radius 1 is 1.35 bits per heavy atom. The van der Waals surface area contributed by atoms with Gasteiger partial charge in [-0.15, -0.1) is 0 Å². The van der Waals surface area contributed by atoms with Crippen molar-refractivity contribution in [1.29, 1.82) is 0 Å². The maximum absolute atomic E-state index is 5.98. The second-order valence-corrected chi connectivity index (χ2v) is 3.87. The quantitative estimate of drug-likeness (QED) is 0.842. The summed E-state index contributed by atoms with van der Waals surface area (Å²) in [6, 6.07) is 3.95. The Morgan fingerprint density at radius 2 is 2.06 bits per heavy atom. The molecule has 2 aromatic rings. The van der Waals surface area contributed by atoms with E-state index in [2.05, 4.69) is 15.4 Å². The highest BCUT2D eigenvalue weighted by Crippen LogP contribution is 2.22. The van der Waals surface area contributed by atoms with E-state index < -0.39 is 0 Å². The molecule has 0 atom stereocenters. The average Bonchev–Trinajstić information content (AvgIpc) is 2.64. The van der Waals surface area contributed by atoms with Crippen molar-refractivity contribution >= 4 is 11.5 Å². The summed E-state index contributed by atoms with van der Waals surface area (Å²) >= 11 is 0. The van der Waals surface area contributed by atoms with Crippen LogP contribution in [0.15, 0.2) is 24.5 Å². The summed E-state index contributed by atoms with van der Waals surface area (Å²) in [5, 5.41) is 7.68. The van der Waals surface area contributed by atoms with Crippen molar-refractivity contribution in [3.63, 3.8) is 0 Å². The van der Waals surface area contributed by atoms with E-state index in [0.717, 1.165) is 30.3 Å². The first-order valence-electron chi connectivity index (χ1n) is 5.68. The van der Waals surface area contributed by atoms with Gasteiger partial charge in [0, 0.05) is 25.5 Å². The van der Waals surface area contributed by atoms with Crippen molar-refractivity contribution in [3.05, 3.63) is 35.8 Å². The highest BCUT2D eigenvalue weighted by molar-refractivity contribution is 5.64. The van der Waals surface area contributed by atoms with Crippen LogP contribution in [0.5, 0.6) is 0 Å².